The predicted octanol–water partition coefficient (Wildman–Crippen LogP) is -0.487. The SMILES string of the molecule is O=S(=O)(Nc1ncc[nH]1)C1CCNC1. The van der Waals surface area contributed by atoms with Crippen LogP contribution in [0.5, 0.6) is 0 Å². The smallest absolute Gasteiger partial charge is 0.239 e. The molecule has 78 valence electrons. The number of nitrogens with zero attached hydrogens (tertiary/aromatic N) is 1. The van der Waals surface area contributed by atoms with E-state index < -0.39 is 10.0 Å². The van der Waals surface area contributed by atoms with Gasteiger partial charge in [-0.15, -0.1) is 0 Å². The first-order valence-electron chi connectivity index (χ1n) is 4.40. The molecule has 1 fully saturated rings. The molecule has 0 saturated carbocycles. The molecule has 1 aromatic rings. The van der Waals surface area contributed by atoms with E-state index in [1.165, 1.54) is 6.20 Å². The Hall–Kier alpha value is -1.08. The minimum atomic E-state index is -3.29. The van der Waals surface area contributed by atoms with Gasteiger partial charge in [-0.05, 0) is 13.0 Å². The van der Waals surface area contributed by atoms with Gasteiger partial charge in [-0.1, -0.05) is 0 Å². The summed E-state index contributed by atoms with van der Waals surface area (Å²) in [6.07, 6.45) is 3.73. The van der Waals surface area contributed by atoms with Crippen LogP contribution in [-0.2, 0) is 10.0 Å². The summed E-state index contributed by atoms with van der Waals surface area (Å²) < 4.78 is 25.8. The molecule has 1 aromatic heterocycles. The number of hydrogen-bond acceptors (Lipinski definition) is 4. The van der Waals surface area contributed by atoms with Crippen molar-refractivity contribution < 1.29 is 8.42 Å². The Balaban J connectivity index is 2.09. The number of aromatic nitrogens is 2. The average Bonchev–Trinajstić information content (AvgIpc) is 2.71. The minimum absolute atomic E-state index is 0.275. The van der Waals surface area contributed by atoms with E-state index in [1.807, 2.05) is 0 Å². The maximum Gasteiger partial charge on any atom is 0.239 e. The molecular formula is C7H12N4O2S. The second-order valence-corrected chi connectivity index (χ2v) is 5.16. The predicted molar refractivity (Wildman–Crippen MR) is 52.4 cm³/mol. The summed E-state index contributed by atoms with van der Waals surface area (Å²) in [6, 6.07) is 0. The molecule has 0 aliphatic carbocycles. The average molecular weight is 216 g/mol. The normalized spacial score (nSPS) is 22.4. The van der Waals surface area contributed by atoms with Gasteiger partial charge in [0, 0.05) is 18.9 Å². The highest BCUT2D eigenvalue weighted by molar-refractivity contribution is 7.93. The molecule has 1 unspecified atom stereocenters. The first-order valence-corrected chi connectivity index (χ1v) is 5.95. The summed E-state index contributed by atoms with van der Waals surface area (Å²) in [6.45, 7) is 1.26. The Morgan fingerprint density at radius 1 is 1.57 bits per heavy atom. The number of imidazole rings is 1. The zero-order valence-corrected chi connectivity index (χ0v) is 8.34. The van der Waals surface area contributed by atoms with Gasteiger partial charge in [0.05, 0.1) is 5.25 Å². The fourth-order valence-electron chi connectivity index (χ4n) is 1.43. The van der Waals surface area contributed by atoms with Crippen LogP contribution in [0.3, 0.4) is 0 Å². The molecule has 1 aliphatic rings. The van der Waals surface area contributed by atoms with Crippen LogP contribution in [-0.4, -0.2) is 36.7 Å². The Morgan fingerprint density at radius 3 is 3.00 bits per heavy atom. The van der Waals surface area contributed by atoms with E-state index in [0.717, 1.165) is 6.54 Å². The number of hydrogen-bond donors (Lipinski definition) is 3. The van der Waals surface area contributed by atoms with Crippen molar-refractivity contribution in [2.24, 2.45) is 0 Å². The monoisotopic (exact) mass is 216 g/mol. The third kappa shape index (κ3) is 1.88. The maximum absolute atomic E-state index is 11.7. The van der Waals surface area contributed by atoms with E-state index in [-0.39, 0.29) is 11.2 Å². The summed E-state index contributed by atoms with van der Waals surface area (Å²) in [5.74, 6) is 0.275. The van der Waals surface area contributed by atoms with E-state index in [0.29, 0.717) is 13.0 Å². The highest BCUT2D eigenvalue weighted by Gasteiger charge is 2.28. The van der Waals surface area contributed by atoms with E-state index in [9.17, 15) is 8.42 Å². The zero-order chi connectivity index (χ0) is 10.0. The lowest BCUT2D eigenvalue weighted by atomic mass is 10.4. The molecule has 7 heteroatoms. The largest absolute Gasteiger partial charge is 0.330 e. The Labute approximate surface area is 82.2 Å². The molecule has 6 nitrogen and oxygen atoms in total. The first-order chi connectivity index (χ1) is 6.68. The van der Waals surface area contributed by atoms with Crippen molar-refractivity contribution in [1.29, 1.82) is 0 Å². The van der Waals surface area contributed by atoms with Crippen LogP contribution >= 0.6 is 0 Å². The van der Waals surface area contributed by atoms with Gasteiger partial charge in [-0.2, -0.15) is 0 Å². The lowest BCUT2D eigenvalue weighted by Gasteiger charge is -2.10. The Bertz CT molecular complexity index is 380. The number of rotatable bonds is 3. The van der Waals surface area contributed by atoms with Crippen molar-refractivity contribution in [2.75, 3.05) is 17.8 Å². The van der Waals surface area contributed by atoms with Crippen molar-refractivity contribution in [2.45, 2.75) is 11.7 Å². The topological polar surface area (TPSA) is 86.9 Å². The third-order valence-corrected chi connectivity index (χ3v) is 3.95. The summed E-state index contributed by atoms with van der Waals surface area (Å²) in [5, 5.41) is 2.65. The van der Waals surface area contributed by atoms with Gasteiger partial charge in [0.25, 0.3) is 0 Å². The lowest BCUT2D eigenvalue weighted by Crippen LogP contribution is -2.30. The van der Waals surface area contributed by atoms with Crippen LogP contribution in [0.25, 0.3) is 0 Å². The molecule has 0 radical (unpaired) electrons. The summed E-state index contributed by atoms with van der Waals surface area (Å²) in [4.78, 5) is 6.50. The molecule has 3 N–H and O–H groups in total. The lowest BCUT2D eigenvalue weighted by molar-refractivity contribution is 0.588. The number of nitrogens with one attached hydrogen (secondary N) is 3. The fraction of sp³-hybridized carbons (Fsp3) is 0.571. The number of H-pyrrole nitrogens is 1. The first kappa shape index (κ1) is 9.47. The highest BCUT2D eigenvalue weighted by atomic mass is 32.2. The minimum Gasteiger partial charge on any atom is -0.330 e. The zero-order valence-electron chi connectivity index (χ0n) is 7.53. The van der Waals surface area contributed by atoms with Gasteiger partial charge in [-0.25, -0.2) is 13.4 Å². The quantitative estimate of drug-likeness (QED) is 0.636. The third-order valence-electron chi connectivity index (χ3n) is 2.19. The molecular weight excluding hydrogens is 204 g/mol. The second-order valence-electron chi connectivity index (χ2n) is 3.20. The summed E-state index contributed by atoms with van der Waals surface area (Å²) >= 11 is 0. The maximum atomic E-state index is 11.7. The van der Waals surface area contributed by atoms with Crippen LogP contribution in [0, 0.1) is 0 Å². The van der Waals surface area contributed by atoms with Crippen LogP contribution in [0.1, 0.15) is 6.42 Å². The summed E-state index contributed by atoms with van der Waals surface area (Å²) in [5.41, 5.74) is 0. The molecule has 0 bridgehead atoms. The molecule has 1 saturated heterocycles. The van der Waals surface area contributed by atoms with Gasteiger partial charge >= 0.3 is 0 Å². The van der Waals surface area contributed by atoms with E-state index >= 15 is 0 Å². The van der Waals surface area contributed by atoms with Gasteiger partial charge in [0.2, 0.25) is 16.0 Å². The standard InChI is InChI=1S/C7H12N4O2S/c12-14(13,6-1-2-8-5-6)11-7-9-3-4-10-7/h3-4,6,8H,1-2,5H2,(H2,9,10,11). The van der Waals surface area contributed by atoms with Crippen LogP contribution in [0.2, 0.25) is 0 Å². The molecule has 2 heterocycles. The van der Waals surface area contributed by atoms with E-state index in [4.69, 9.17) is 0 Å². The Kier molecular flexibility index (Phi) is 2.42. The second kappa shape index (κ2) is 3.58. The van der Waals surface area contributed by atoms with E-state index in [2.05, 4.69) is 20.0 Å². The summed E-state index contributed by atoms with van der Waals surface area (Å²) in [7, 11) is -3.29. The molecule has 14 heavy (non-hydrogen) atoms. The molecule has 1 atom stereocenters. The van der Waals surface area contributed by atoms with Gasteiger partial charge in [-0.3, -0.25) is 4.72 Å². The molecule has 2 rings (SSSR count). The van der Waals surface area contributed by atoms with Crippen molar-refractivity contribution >= 4 is 16.0 Å². The van der Waals surface area contributed by atoms with Gasteiger partial charge in [0.1, 0.15) is 0 Å². The molecule has 0 spiro atoms. The number of aromatic amines is 1. The van der Waals surface area contributed by atoms with Crippen molar-refractivity contribution in [3.63, 3.8) is 0 Å². The number of anilines is 1. The van der Waals surface area contributed by atoms with Crippen LogP contribution in [0.15, 0.2) is 12.4 Å². The van der Waals surface area contributed by atoms with Crippen LogP contribution < -0.4 is 10.0 Å². The molecule has 1 aliphatic heterocycles. The Morgan fingerprint density at radius 2 is 2.43 bits per heavy atom. The van der Waals surface area contributed by atoms with Crippen molar-refractivity contribution in [1.82, 2.24) is 15.3 Å². The van der Waals surface area contributed by atoms with Crippen LogP contribution in [0.4, 0.5) is 5.95 Å². The molecule has 0 aromatic carbocycles. The number of sulfonamides is 1. The van der Waals surface area contributed by atoms with E-state index in [1.54, 1.807) is 6.20 Å². The van der Waals surface area contributed by atoms with Crippen molar-refractivity contribution in [3.8, 4) is 0 Å². The highest BCUT2D eigenvalue weighted by Crippen LogP contribution is 2.12. The molecule has 0 amide bonds. The fourth-order valence-corrected chi connectivity index (χ4v) is 2.75. The van der Waals surface area contributed by atoms with Gasteiger partial charge in [0.15, 0.2) is 0 Å². The van der Waals surface area contributed by atoms with Gasteiger partial charge < -0.3 is 10.3 Å². The van der Waals surface area contributed by atoms with Crippen molar-refractivity contribution in [3.05, 3.63) is 12.4 Å².